The first-order valence-corrected chi connectivity index (χ1v) is 6.74. The van der Waals surface area contributed by atoms with Gasteiger partial charge in [0.1, 0.15) is 0 Å². The van der Waals surface area contributed by atoms with Gasteiger partial charge in [-0.1, -0.05) is 0 Å². The van der Waals surface area contributed by atoms with Gasteiger partial charge in [-0.15, -0.1) is 0 Å². The van der Waals surface area contributed by atoms with Crippen LogP contribution in [0.2, 0.25) is 0 Å². The number of phenolic OH excluding ortho intramolecular Hbond substituents is 1. The quantitative estimate of drug-likeness (QED) is 0.483. The number of aromatic hydroxyl groups is 1. The number of hydrogen-bond acceptors (Lipinski definition) is 6. The van der Waals surface area contributed by atoms with Crippen LogP contribution >= 0.6 is 0 Å². The Balaban J connectivity index is 2.26. The smallest absolute Gasteiger partial charge is 0.418 e. The van der Waals surface area contributed by atoms with Gasteiger partial charge in [0.25, 0.3) is 5.69 Å². The number of hydrazone groups is 1. The average molecular weight is 355 g/mol. The second-order valence-electron chi connectivity index (χ2n) is 4.79. The van der Waals surface area contributed by atoms with Gasteiger partial charge >= 0.3 is 6.18 Å². The van der Waals surface area contributed by atoms with E-state index >= 15 is 0 Å². The zero-order valence-electron chi connectivity index (χ0n) is 12.7. The van der Waals surface area contributed by atoms with Gasteiger partial charge in [-0.25, -0.2) is 0 Å². The van der Waals surface area contributed by atoms with Crippen LogP contribution < -0.4 is 10.2 Å². The Kier molecular flexibility index (Phi) is 5.11. The zero-order chi connectivity index (χ0) is 18.6. The Morgan fingerprint density at radius 3 is 2.60 bits per heavy atom. The summed E-state index contributed by atoms with van der Waals surface area (Å²) in [5, 5.41) is 23.8. The first kappa shape index (κ1) is 18.0. The van der Waals surface area contributed by atoms with Crippen molar-refractivity contribution in [2.75, 3.05) is 12.5 Å². The number of alkyl halides is 3. The molecule has 0 aliphatic heterocycles. The fourth-order valence-electron chi connectivity index (χ4n) is 1.93. The summed E-state index contributed by atoms with van der Waals surface area (Å²) in [4.78, 5) is 9.72. The van der Waals surface area contributed by atoms with E-state index in [4.69, 9.17) is 4.74 Å². The highest BCUT2D eigenvalue weighted by molar-refractivity contribution is 5.81. The minimum Gasteiger partial charge on any atom is -0.504 e. The van der Waals surface area contributed by atoms with Gasteiger partial charge in [0.05, 0.1) is 29.5 Å². The van der Waals surface area contributed by atoms with Crippen LogP contribution in [0.25, 0.3) is 0 Å². The molecule has 0 bridgehead atoms. The lowest BCUT2D eigenvalue weighted by atomic mass is 10.1. The number of nitro groups is 1. The third kappa shape index (κ3) is 4.37. The molecule has 0 saturated carbocycles. The van der Waals surface area contributed by atoms with Crippen LogP contribution in [0.4, 0.5) is 24.5 Å². The number of ether oxygens (including phenoxy) is 1. The Bertz CT molecular complexity index is 822. The highest BCUT2D eigenvalue weighted by Gasteiger charge is 2.35. The summed E-state index contributed by atoms with van der Waals surface area (Å²) >= 11 is 0. The van der Waals surface area contributed by atoms with Gasteiger partial charge in [-0.05, 0) is 29.8 Å². The van der Waals surface area contributed by atoms with Crippen molar-refractivity contribution < 1.29 is 27.9 Å². The van der Waals surface area contributed by atoms with Crippen molar-refractivity contribution in [2.24, 2.45) is 5.10 Å². The van der Waals surface area contributed by atoms with E-state index in [1.165, 1.54) is 31.5 Å². The summed E-state index contributed by atoms with van der Waals surface area (Å²) in [6, 6.07) is 6.55. The number of halogens is 3. The molecule has 0 aromatic heterocycles. The number of nitrogens with one attached hydrogen (secondary N) is 1. The molecule has 0 heterocycles. The van der Waals surface area contributed by atoms with Crippen LogP contribution in [-0.2, 0) is 6.18 Å². The van der Waals surface area contributed by atoms with E-state index in [2.05, 4.69) is 10.5 Å². The molecule has 7 nitrogen and oxygen atoms in total. The topological polar surface area (TPSA) is 97.0 Å². The Hall–Kier alpha value is -3.30. The number of nitro benzene ring substituents is 1. The molecule has 0 saturated heterocycles. The first-order chi connectivity index (χ1) is 11.7. The summed E-state index contributed by atoms with van der Waals surface area (Å²) in [6.07, 6.45) is -3.57. The monoisotopic (exact) mass is 355 g/mol. The fourth-order valence-corrected chi connectivity index (χ4v) is 1.93. The van der Waals surface area contributed by atoms with Crippen molar-refractivity contribution in [2.45, 2.75) is 6.18 Å². The van der Waals surface area contributed by atoms with Crippen molar-refractivity contribution >= 4 is 17.6 Å². The number of non-ortho nitro benzene ring substituents is 1. The summed E-state index contributed by atoms with van der Waals surface area (Å²) in [6.45, 7) is 0. The van der Waals surface area contributed by atoms with E-state index in [0.717, 1.165) is 12.1 Å². The molecule has 0 amide bonds. The molecule has 0 atom stereocenters. The zero-order valence-corrected chi connectivity index (χ0v) is 12.7. The van der Waals surface area contributed by atoms with Crippen LogP contribution in [0.15, 0.2) is 41.5 Å². The highest BCUT2D eigenvalue weighted by atomic mass is 19.4. The summed E-state index contributed by atoms with van der Waals surface area (Å²) in [7, 11) is 1.35. The van der Waals surface area contributed by atoms with Crippen molar-refractivity contribution in [1.82, 2.24) is 0 Å². The maximum atomic E-state index is 13.0. The third-order valence-electron chi connectivity index (χ3n) is 3.12. The van der Waals surface area contributed by atoms with E-state index in [9.17, 15) is 28.4 Å². The maximum Gasteiger partial charge on any atom is 0.418 e. The molecule has 132 valence electrons. The summed E-state index contributed by atoms with van der Waals surface area (Å²) < 4.78 is 44.0. The van der Waals surface area contributed by atoms with Crippen molar-refractivity contribution in [3.63, 3.8) is 0 Å². The van der Waals surface area contributed by atoms with Crippen molar-refractivity contribution in [3.05, 3.63) is 57.6 Å². The highest BCUT2D eigenvalue weighted by Crippen LogP contribution is 2.37. The van der Waals surface area contributed by atoms with Gasteiger partial charge < -0.3 is 9.84 Å². The van der Waals surface area contributed by atoms with Crippen molar-refractivity contribution in [3.8, 4) is 11.5 Å². The second-order valence-corrected chi connectivity index (χ2v) is 4.79. The van der Waals surface area contributed by atoms with E-state index in [0.29, 0.717) is 11.6 Å². The van der Waals surface area contributed by atoms with Crippen LogP contribution in [0.5, 0.6) is 11.5 Å². The third-order valence-corrected chi connectivity index (χ3v) is 3.12. The average Bonchev–Trinajstić information content (AvgIpc) is 2.55. The number of anilines is 1. The number of nitrogens with zero attached hydrogens (tertiary/aromatic N) is 2. The summed E-state index contributed by atoms with van der Waals surface area (Å²) in [5.41, 5.74) is 0.354. The Morgan fingerprint density at radius 1 is 1.28 bits per heavy atom. The van der Waals surface area contributed by atoms with Gasteiger partial charge in [-0.3, -0.25) is 15.5 Å². The molecule has 0 unspecified atom stereocenters. The van der Waals surface area contributed by atoms with Gasteiger partial charge in [0, 0.05) is 12.1 Å². The Labute approximate surface area is 139 Å². The predicted molar refractivity (Wildman–Crippen MR) is 84.0 cm³/mol. The number of benzene rings is 2. The minimum atomic E-state index is -4.79. The normalized spacial score (nSPS) is 11.5. The van der Waals surface area contributed by atoms with Crippen molar-refractivity contribution in [1.29, 1.82) is 0 Å². The predicted octanol–water partition coefficient (Wildman–Crippen LogP) is 3.77. The molecule has 0 radical (unpaired) electrons. The van der Waals surface area contributed by atoms with E-state index < -0.39 is 28.0 Å². The molecule has 2 aromatic carbocycles. The molecule has 2 aromatic rings. The lowest BCUT2D eigenvalue weighted by molar-refractivity contribution is -0.385. The molecule has 2 rings (SSSR count). The lowest BCUT2D eigenvalue weighted by Gasteiger charge is -2.11. The minimum absolute atomic E-state index is 0.0951. The first-order valence-electron chi connectivity index (χ1n) is 6.74. The second kappa shape index (κ2) is 7.07. The standard InChI is InChI=1S/C15H12F3N3O4/c1-25-14-6-9(2-5-13(14)22)8-19-20-12-4-3-10(21(23)24)7-11(12)15(16,17)18/h2-8,20,22H,1H3. The molecule has 10 heteroatoms. The fraction of sp³-hybridized carbons (Fsp3) is 0.133. The number of phenols is 1. The molecule has 0 spiro atoms. The Morgan fingerprint density at radius 2 is 2.00 bits per heavy atom. The van der Waals surface area contributed by atoms with Crippen LogP contribution in [0.3, 0.4) is 0 Å². The van der Waals surface area contributed by atoms with E-state index in [1.807, 2.05) is 0 Å². The molecule has 2 N–H and O–H groups in total. The number of methoxy groups -OCH3 is 1. The molecular formula is C15H12F3N3O4. The molecule has 25 heavy (non-hydrogen) atoms. The van der Waals surface area contributed by atoms with E-state index in [-0.39, 0.29) is 11.5 Å². The van der Waals surface area contributed by atoms with Gasteiger partial charge in [-0.2, -0.15) is 18.3 Å². The lowest BCUT2D eigenvalue weighted by Crippen LogP contribution is -2.09. The van der Waals surface area contributed by atoms with E-state index in [1.54, 1.807) is 0 Å². The molecular weight excluding hydrogens is 343 g/mol. The molecule has 0 aliphatic carbocycles. The van der Waals surface area contributed by atoms with Crippen LogP contribution in [0, 0.1) is 10.1 Å². The molecule has 0 fully saturated rings. The van der Waals surface area contributed by atoms with Gasteiger partial charge in [0.15, 0.2) is 11.5 Å². The molecule has 0 aliphatic rings. The maximum absolute atomic E-state index is 13.0. The van der Waals surface area contributed by atoms with Gasteiger partial charge in [0.2, 0.25) is 0 Å². The summed E-state index contributed by atoms with van der Waals surface area (Å²) in [5.74, 6) is 0.0811. The van der Waals surface area contributed by atoms with Crippen LogP contribution in [-0.4, -0.2) is 23.4 Å². The number of hydrogen-bond donors (Lipinski definition) is 2. The largest absolute Gasteiger partial charge is 0.504 e. The van der Waals surface area contributed by atoms with Crippen LogP contribution in [0.1, 0.15) is 11.1 Å². The number of rotatable bonds is 5. The SMILES string of the molecule is COc1cc(C=NNc2ccc([N+](=O)[O-])cc2C(F)(F)F)ccc1O.